The smallest absolute Gasteiger partial charge is 0.327 e. The Morgan fingerprint density at radius 1 is 1.00 bits per heavy atom. The van der Waals surface area contributed by atoms with E-state index < -0.39 is 12.1 Å². The van der Waals surface area contributed by atoms with Crippen LogP contribution in [0, 0.1) is 0 Å². The second kappa shape index (κ2) is 4.52. The van der Waals surface area contributed by atoms with Crippen LogP contribution in [0.5, 0.6) is 0 Å². The molecule has 0 aliphatic heterocycles. The normalized spacial score (nSPS) is 9.88. The Morgan fingerprint density at radius 2 is 1.71 bits per heavy atom. The monoisotopic (exact) mass is 229 g/mol. The van der Waals surface area contributed by atoms with Crippen molar-refractivity contribution in [3.63, 3.8) is 0 Å². The third-order valence-corrected chi connectivity index (χ3v) is 2.27. The summed E-state index contributed by atoms with van der Waals surface area (Å²) in [5.74, 6) is 0. The zero-order valence-corrected chi connectivity index (χ0v) is 8.94. The molecule has 2 aromatic carbocycles. The van der Waals surface area contributed by atoms with Gasteiger partial charge in [0.15, 0.2) is 0 Å². The summed E-state index contributed by atoms with van der Waals surface area (Å²) in [6.45, 7) is 0. The largest absolute Gasteiger partial charge is 0.351 e. The second-order valence-electron chi connectivity index (χ2n) is 3.47. The lowest BCUT2D eigenvalue weighted by atomic mass is 10.1. The van der Waals surface area contributed by atoms with Crippen molar-refractivity contribution in [1.82, 2.24) is 5.32 Å². The number of hydrogen-bond donors (Lipinski definition) is 3. The Labute approximate surface area is 97.6 Å². The third-order valence-electron chi connectivity index (χ3n) is 2.27. The predicted octanol–water partition coefficient (Wildman–Crippen LogP) is 2.04. The fourth-order valence-corrected chi connectivity index (χ4v) is 1.60. The molecule has 4 amide bonds. The lowest BCUT2D eigenvalue weighted by molar-refractivity contribution is 0.238. The highest BCUT2D eigenvalue weighted by molar-refractivity contribution is 6.05. The van der Waals surface area contributed by atoms with Crippen LogP contribution in [0.25, 0.3) is 10.8 Å². The minimum atomic E-state index is -0.886. The molecule has 0 heterocycles. The first-order chi connectivity index (χ1) is 8.16. The van der Waals surface area contributed by atoms with Gasteiger partial charge in [-0.1, -0.05) is 36.4 Å². The van der Waals surface area contributed by atoms with Crippen molar-refractivity contribution in [2.45, 2.75) is 0 Å². The zero-order chi connectivity index (χ0) is 12.3. The number of fused-ring (bicyclic) bond motifs is 1. The molecule has 0 aliphatic carbocycles. The molecule has 0 atom stereocenters. The van der Waals surface area contributed by atoms with Crippen LogP contribution in [0.15, 0.2) is 42.5 Å². The highest BCUT2D eigenvalue weighted by Gasteiger charge is 2.06. The first kappa shape index (κ1) is 10.9. The molecule has 2 rings (SSSR count). The van der Waals surface area contributed by atoms with Gasteiger partial charge in [-0.2, -0.15) is 0 Å². The first-order valence-electron chi connectivity index (χ1n) is 5.02. The molecule has 5 nitrogen and oxygen atoms in total. The lowest BCUT2D eigenvalue weighted by Gasteiger charge is -2.08. The average molecular weight is 229 g/mol. The predicted molar refractivity (Wildman–Crippen MR) is 65.7 cm³/mol. The number of carbonyl (C=O) groups is 2. The second-order valence-corrected chi connectivity index (χ2v) is 3.47. The van der Waals surface area contributed by atoms with E-state index in [1.165, 1.54) is 0 Å². The summed E-state index contributed by atoms with van der Waals surface area (Å²) in [4.78, 5) is 21.9. The van der Waals surface area contributed by atoms with Gasteiger partial charge in [-0.25, -0.2) is 9.59 Å². The Balaban J connectivity index is 2.30. The summed E-state index contributed by atoms with van der Waals surface area (Å²) in [5, 5.41) is 6.41. The quantitative estimate of drug-likeness (QED) is 0.699. The summed E-state index contributed by atoms with van der Waals surface area (Å²) in [6.07, 6.45) is 0. The molecule has 4 N–H and O–H groups in total. The van der Waals surface area contributed by atoms with Crippen LogP contribution in [-0.2, 0) is 0 Å². The average Bonchev–Trinajstić information content (AvgIpc) is 2.28. The van der Waals surface area contributed by atoms with Crippen LogP contribution in [0.4, 0.5) is 15.3 Å². The fraction of sp³-hybridized carbons (Fsp3) is 0. The zero-order valence-electron chi connectivity index (χ0n) is 8.94. The van der Waals surface area contributed by atoms with E-state index in [1.54, 1.807) is 6.07 Å². The Morgan fingerprint density at radius 3 is 2.47 bits per heavy atom. The van der Waals surface area contributed by atoms with E-state index >= 15 is 0 Å². The maximum Gasteiger partial charge on any atom is 0.327 e. The molecular weight excluding hydrogens is 218 g/mol. The van der Waals surface area contributed by atoms with Crippen molar-refractivity contribution in [2.24, 2.45) is 5.73 Å². The number of rotatable bonds is 1. The van der Waals surface area contributed by atoms with Gasteiger partial charge in [0.2, 0.25) is 0 Å². The van der Waals surface area contributed by atoms with Crippen LogP contribution in [-0.4, -0.2) is 12.1 Å². The van der Waals surface area contributed by atoms with E-state index in [0.717, 1.165) is 10.8 Å². The van der Waals surface area contributed by atoms with Gasteiger partial charge in [0.05, 0.1) is 5.69 Å². The first-order valence-corrected chi connectivity index (χ1v) is 5.02. The van der Waals surface area contributed by atoms with Crippen LogP contribution in [0.3, 0.4) is 0 Å². The van der Waals surface area contributed by atoms with Gasteiger partial charge >= 0.3 is 12.1 Å². The minimum Gasteiger partial charge on any atom is -0.351 e. The van der Waals surface area contributed by atoms with Crippen molar-refractivity contribution >= 4 is 28.5 Å². The summed E-state index contributed by atoms with van der Waals surface area (Å²) in [6, 6.07) is 11.6. The van der Waals surface area contributed by atoms with Crippen molar-refractivity contribution in [2.75, 3.05) is 5.32 Å². The molecule has 0 spiro atoms. The van der Waals surface area contributed by atoms with Crippen LogP contribution in [0.2, 0.25) is 0 Å². The van der Waals surface area contributed by atoms with E-state index in [4.69, 9.17) is 5.73 Å². The third kappa shape index (κ3) is 2.52. The van der Waals surface area contributed by atoms with Crippen molar-refractivity contribution < 1.29 is 9.59 Å². The summed E-state index contributed by atoms with van der Waals surface area (Å²) < 4.78 is 0. The number of anilines is 1. The number of nitrogens with two attached hydrogens (primary N) is 1. The van der Waals surface area contributed by atoms with E-state index in [-0.39, 0.29) is 0 Å². The van der Waals surface area contributed by atoms with Gasteiger partial charge in [-0.05, 0) is 11.5 Å². The van der Waals surface area contributed by atoms with Crippen molar-refractivity contribution in [3.05, 3.63) is 42.5 Å². The Hall–Kier alpha value is -2.56. The molecule has 0 bridgehead atoms. The molecule has 0 aliphatic rings. The number of imide groups is 1. The van der Waals surface area contributed by atoms with Crippen LogP contribution >= 0.6 is 0 Å². The highest BCUT2D eigenvalue weighted by atomic mass is 16.2. The molecule has 0 unspecified atom stereocenters. The number of amides is 4. The van der Waals surface area contributed by atoms with E-state index in [1.807, 2.05) is 41.7 Å². The maximum absolute atomic E-state index is 11.3. The van der Waals surface area contributed by atoms with E-state index in [0.29, 0.717) is 5.69 Å². The number of hydrogen-bond acceptors (Lipinski definition) is 2. The molecule has 0 aromatic heterocycles. The van der Waals surface area contributed by atoms with Gasteiger partial charge in [-0.15, -0.1) is 0 Å². The number of nitrogens with one attached hydrogen (secondary N) is 2. The molecule has 0 fully saturated rings. The lowest BCUT2D eigenvalue weighted by Crippen LogP contribution is -2.38. The number of carbonyl (C=O) groups excluding carboxylic acids is 2. The van der Waals surface area contributed by atoms with Crippen molar-refractivity contribution in [1.29, 1.82) is 0 Å². The number of urea groups is 2. The fourth-order valence-electron chi connectivity index (χ4n) is 1.60. The molecule has 5 heteroatoms. The Bertz CT molecular complexity index is 575. The SMILES string of the molecule is NC(=O)NC(=O)Nc1cccc2ccccc12. The summed E-state index contributed by atoms with van der Waals surface area (Å²) >= 11 is 0. The molecular formula is C12H11N3O2. The molecule has 0 radical (unpaired) electrons. The molecule has 0 saturated heterocycles. The molecule has 0 saturated carbocycles. The number of primary amides is 1. The van der Waals surface area contributed by atoms with Crippen LogP contribution < -0.4 is 16.4 Å². The van der Waals surface area contributed by atoms with Gasteiger partial charge in [0, 0.05) is 5.39 Å². The summed E-state index contributed by atoms with van der Waals surface area (Å²) in [7, 11) is 0. The molecule has 2 aromatic rings. The van der Waals surface area contributed by atoms with Crippen LogP contribution in [0.1, 0.15) is 0 Å². The van der Waals surface area contributed by atoms with Gasteiger partial charge in [-0.3, -0.25) is 5.32 Å². The standard InChI is InChI=1S/C12H11N3O2/c13-11(16)15-12(17)14-10-7-3-5-8-4-1-2-6-9(8)10/h1-7H,(H4,13,14,15,16,17). The van der Waals surface area contributed by atoms with E-state index in [9.17, 15) is 9.59 Å². The van der Waals surface area contributed by atoms with Gasteiger partial charge in [0.1, 0.15) is 0 Å². The number of benzene rings is 2. The molecule has 86 valence electrons. The minimum absolute atomic E-state index is 0.627. The summed E-state index contributed by atoms with van der Waals surface area (Å²) in [5.41, 5.74) is 5.48. The highest BCUT2D eigenvalue weighted by Crippen LogP contribution is 2.22. The molecule has 17 heavy (non-hydrogen) atoms. The van der Waals surface area contributed by atoms with Gasteiger partial charge in [0.25, 0.3) is 0 Å². The topological polar surface area (TPSA) is 84.2 Å². The van der Waals surface area contributed by atoms with Gasteiger partial charge < -0.3 is 11.1 Å². The van der Waals surface area contributed by atoms with E-state index in [2.05, 4.69) is 5.32 Å². The maximum atomic E-state index is 11.3. The Kier molecular flexibility index (Phi) is 2.91. The van der Waals surface area contributed by atoms with Crippen molar-refractivity contribution in [3.8, 4) is 0 Å².